The molecule has 21 heavy (non-hydrogen) atoms. The predicted molar refractivity (Wildman–Crippen MR) is 82.5 cm³/mol. The Hall–Kier alpha value is -2.60. The zero-order valence-electron chi connectivity index (χ0n) is 10.9. The van der Waals surface area contributed by atoms with E-state index in [4.69, 9.17) is 0 Å². The highest BCUT2D eigenvalue weighted by molar-refractivity contribution is 7.00. The fourth-order valence-corrected chi connectivity index (χ4v) is 2.82. The van der Waals surface area contributed by atoms with Crippen LogP contribution in [0.2, 0.25) is 0 Å². The molecule has 0 radical (unpaired) electrons. The summed E-state index contributed by atoms with van der Waals surface area (Å²) >= 11 is 1.19. The van der Waals surface area contributed by atoms with E-state index in [0.717, 1.165) is 27.5 Å². The number of rotatable bonds is 2. The highest BCUT2D eigenvalue weighted by Gasteiger charge is 2.05. The van der Waals surface area contributed by atoms with Gasteiger partial charge in [0.1, 0.15) is 11.0 Å². The molecule has 102 valence electrons. The Balaban J connectivity index is 1.79. The largest absolute Gasteiger partial charge is 0.268 e. The molecular formula is C15H10N4OS. The summed E-state index contributed by atoms with van der Waals surface area (Å²) in [4.78, 5) is 12.1. The number of aromatic nitrogens is 4. The van der Waals surface area contributed by atoms with Gasteiger partial charge in [0.05, 0.1) is 23.8 Å². The minimum atomic E-state index is -0.106. The maximum absolute atomic E-state index is 12.1. The molecule has 2 aromatic carbocycles. The number of fused-ring (bicyclic) bond motifs is 2. The van der Waals surface area contributed by atoms with Crippen LogP contribution < -0.4 is 5.56 Å². The van der Waals surface area contributed by atoms with Gasteiger partial charge in [-0.05, 0) is 23.8 Å². The van der Waals surface area contributed by atoms with Crippen molar-refractivity contribution < 1.29 is 0 Å². The van der Waals surface area contributed by atoms with Gasteiger partial charge in [0.2, 0.25) is 0 Å². The van der Waals surface area contributed by atoms with Crippen molar-refractivity contribution in [2.24, 2.45) is 0 Å². The average molecular weight is 294 g/mol. The molecule has 0 aliphatic heterocycles. The van der Waals surface area contributed by atoms with Crippen molar-refractivity contribution in [1.82, 2.24) is 18.5 Å². The molecule has 0 saturated carbocycles. The summed E-state index contributed by atoms with van der Waals surface area (Å²) in [7, 11) is 0. The summed E-state index contributed by atoms with van der Waals surface area (Å²) in [6.45, 7) is 0.428. The number of benzene rings is 2. The molecular weight excluding hydrogens is 284 g/mol. The molecule has 6 heteroatoms. The molecule has 4 aromatic rings. The van der Waals surface area contributed by atoms with Crippen LogP contribution in [0.15, 0.2) is 53.3 Å². The molecule has 4 rings (SSSR count). The number of hydrogen-bond acceptors (Lipinski definition) is 5. The highest BCUT2D eigenvalue weighted by Crippen LogP contribution is 2.14. The summed E-state index contributed by atoms with van der Waals surface area (Å²) in [6, 6.07) is 15.0. The van der Waals surface area contributed by atoms with Gasteiger partial charge in [0.25, 0.3) is 5.56 Å². The first kappa shape index (κ1) is 12.2. The summed E-state index contributed by atoms with van der Waals surface area (Å²) in [6.07, 6.45) is 0. The van der Waals surface area contributed by atoms with E-state index < -0.39 is 0 Å². The maximum Gasteiger partial charge on any atom is 0.267 e. The van der Waals surface area contributed by atoms with Crippen LogP contribution in [0.4, 0.5) is 0 Å². The maximum atomic E-state index is 12.1. The van der Waals surface area contributed by atoms with E-state index in [1.807, 2.05) is 42.5 Å². The lowest BCUT2D eigenvalue weighted by Crippen LogP contribution is -2.22. The second-order valence-electron chi connectivity index (χ2n) is 4.79. The van der Waals surface area contributed by atoms with Gasteiger partial charge in [-0.1, -0.05) is 24.3 Å². The molecule has 0 atom stereocenters. The summed E-state index contributed by atoms with van der Waals surface area (Å²) in [5.74, 6) is 0. The second-order valence-corrected chi connectivity index (χ2v) is 5.31. The highest BCUT2D eigenvalue weighted by atomic mass is 32.1. The van der Waals surface area contributed by atoms with Gasteiger partial charge in [-0.2, -0.15) is 13.8 Å². The van der Waals surface area contributed by atoms with Crippen molar-refractivity contribution >= 4 is 33.7 Å². The van der Waals surface area contributed by atoms with E-state index in [1.165, 1.54) is 16.4 Å². The summed E-state index contributed by atoms with van der Waals surface area (Å²) in [5.41, 5.74) is 3.42. The fraction of sp³-hybridized carbons (Fsp3) is 0.0667. The van der Waals surface area contributed by atoms with E-state index in [1.54, 1.807) is 6.07 Å². The van der Waals surface area contributed by atoms with Crippen molar-refractivity contribution in [2.45, 2.75) is 6.54 Å². The lowest BCUT2D eigenvalue weighted by molar-refractivity contribution is 0.654. The standard InChI is InChI=1S/C15H10N4OS/c20-15-8-11-3-1-2-4-12(11)16-19(15)9-10-5-6-13-14(7-10)18-21-17-13/h1-8H,9H2. The predicted octanol–water partition coefficient (Wildman–Crippen LogP) is 2.45. The molecule has 5 nitrogen and oxygen atoms in total. The number of hydrogen-bond donors (Lipinski definition) is 0. The third kappa shape index (κ3) is 2.19. The Morgan fingerprint density at radius 3 is 2.76 bits per heavy atom. The molecule has 0 aliphatic rings. The third-order valence-electron chi connectivity index (χ3n) is 3.35. The molecule has 2 aromatic heterocycles. The van der Waals surface area contributed by atoms with Gasteiger partial charge in [-0.25, -0.2) is 4.68 Å². The quantitative estimate of drug-likeness (QED) is 0.570. The molecule has 0 aliphatic carbocycles. The monoisotopic (exact) mass is 294 g/mol. The Bertz CT molecular complexity index is 1010. The minimum Gasteiger partial charge on any atom is -0.268 e. The van der Waals surface area contributed by atoms with Crippen molar-refractivity contribution in [3.05, 3.63) is 64.4 Å². The second kappa shape index (κ2) is 4.75. The van der Waals surface area contributed by atoms with Gasteiger partial charge in [-0.3, -0.25) is 4.79 Å². The van der Waals surface area contributed by atoms with Gasteiger partial charge < -0.3 is 0 Å². The van der Waals surface area contributed by atoms with Gasteiger partial charge in [0, 0.05) is 11.5 Å². The summed E-state index contributed by atoms with van der Waals surface area (Å²) in [5, 5.41) is 5.27. The zero-order chi connectivity index (χ0) is 14.2. The van der Waals surface area contributed by atoms with Crippen LogP contribution in [-0.4, -0.2) is 18.5 Å². The van der Waals surface area contributed by atoms with Gasteiger partial charge in [0.15, 0.2) is 0 Å². The average Bonchev–Trinajstić information content (AvgIpc) is 2.95. The first-order chi connectivity index (χ1) is 10.3. The Kier molecular flexibility index (Phi) is 2.75. The summed E-state index contributed by atoms with van der Waals surface area (Å²) < 4.78 is 9.86. The van der Waals surface area contributed by atoms with Crippen LogP contribution in [0.5, 0.6) is 0 Å². The van der Waals surface area contributed by atoms with Gasteiger partial charge >= 0.3 is 0 Å². The van der Waals surface area contributed by atoms with Crippen LogP contribution in [0, 0.1) is 0 Å². The van der Waals surface area contributed by atoms with Crippen LogP contribution in [0.25, 0.3) is 21.9 Å². The topological polar surface area (TPSA) is 60.7 Å². The molecule has 0 spiro atoms. The van der Waals surface area contributed by atoms with E-state index in [9.17, 15) is 4.79 Å². The molecule has 2 heterocycles. The molecule has 0 saturated heterocycles. The third-order valence-corrected chi connectivity index (χ3v) is 3.91. The van der Waals surface area contributed by atoms with Crippen LogP contribution in [-0.2, 0) is 6.54 Å². The van der Waals surface area contributed by atoms with E-state index in [0.29, 0.717) is 6.54 Å². The molecule has 0 fully saturated rings. The van der Waals surface area contributed by atoms with Crippen molar-refractivity contribution in [2.75, 3.05) is 0 Å². The van der Waals surface area contributed by atoms with E-state index >= 15 is 0 Å². The normalized spacial score (nSPS) is 11.2. The lowest BCUT2D eigenvalue weighted by atomic mass is 10.2. The molecule has 0 amide bonds. The molecule has 0 unspecified atom stereocenters. The Labute approximate surface area is 123 Å². The van der Waals surface area contributed by atoms with Crippen LogP contribution >= 0.6 is 11.7 Å². The van der Waals surface area contributed by atoms with E-state index in [-0.39, 0.29) is 5.56 Å². The van der Waals surface area contributed by atoms with Crippen molar-refractivity contribution in [1.29, 1.82) is 0 Å². The zero-order valence-corrected chi connectivity index (χ0v) is 11.7. The van der Waals surface area contributed by atoms with Crippen LogP contribution in [0.1, 0.15) is 5.56 Å². The fourth-order valence-electron chi connectivity index (χ4n) is 2.30. The first-order valence-electron chi connectivity index (χ1n) is 6.48. The Morgan fingerprint density at radius 1 is 0.952 bits per heavy atom. The van der Waals surface area contributed by atoms with Crippen molar-refractivity contribution in [3.63, 3.8) is 0 Å². The smallest absolute Gasteiger partial charge is 0.267 e. The van der Waals surface area contributed by atoms with Crippen molar-refractivity contribution in [3.8, 4) is 0 Å². The Morgan fingerprint density at radius 2 is 1.81 bits per heavy atom. The lowest BCUT2D eigenvalue weighted by Gasteiger charge is -2.06. The molecule has 0 bridgehead atoms. The SMILES string of the molecule is O=c1cc2ccccc2nn1Cc1ccc2nsnc2c1. The van der Waals surface area contributed by atoms with Crippen LogP contribution in [0.3, 0.4) is 0 Å². The number of nitrogens with zero attached hydrogens (tertiary/aromatic N) is 4. The minimum absolute atomic E-state index is 0.106. The van der Waals surface area contributed by atoms with Gasteiger partial charge in [-0.15, -0.1) is 0 Å². The molecule has 0 N–H and O–H groups in total. The van der Waals surface area contributed by atoms with E-state index in [2.05, 4.69) is 13.8 Å². The first-order valence-corrected chi connectivity index (χ1v) is 7.21.